The number of benzene rings is 1. The van der Waals surface area contributed by atoms with Crippen molar-refractivity contribution in [2.24, 2.45) is 0 Å². The van der Waals surface area contributed by atoms with Gasteiger partial charge < -0.3 is 4.98 Å². The quantitative estimate of drug-likeness (QED) is 0.698. The van der Waals surface area contributed by atoms with E-state index in [0.717, 1.165) is 16.7 Å². The smallest absolute Gasteiger partial charge is 0.178 e. The highest BCUT2D eigenvalue weighted by Crippen LogP contribution is 2.16. The third-order valence-electron chi connectivity index (χ3n) is 2.79. The van der Waals surface area contributed by atoms with E-state index < -0.39 is 0 Å². The van der Waals surface area contributed by atoms with E-state index in [4.69, 9.17) is 0 Å². The van der Waals surface area contributed by atoms with Crippen molar-refractivity contribution in [3.05, 3.63) is 65.0 Å². The van der Waals surface area contributed by atoms with Gasteiger partial charge in [0.05, 0.1) is 15.5 Å². The molecule has 0 aliphatic rings. The number of hydrogen-bond donors (Lipinski definition) is 1. The van der Waals surface area contributed by atoms with Crippen LogP contribution in [0.25, 0.3) is 10.9 Å². The van der Waals surface area contributed by atoms with Crippen LogP contribution in [-0.4, -0.2) is 4.98 Å². The Morgan fingerprint density at radius 2 is 1.94 bits per heavy atom. The van der Waals surface area contributed by atoms with Crippen molar-refractivity contribution < 1.29 is 4.57 Å². The molecule has 0 aliphatic carbocycles. The minimum Gasteiger partial charge on any atom is -0.349 e. The van der Waals surface area contributed by atoms with Crippen molar-refractivity contribution in [1.82, 2.24) is 4.98 Å². The van der Waals surface area contributed by atoms with E-state index >= 15 is 0 Å². The lowest BCUT2D eigenvalue weighted by molar-refractivity contribution is -0.687. The van der Waals surface area contributed by atoms with Gasteiger partial charge in [-0.05, 0) is 22.0 Å². The summed E-state index contributed by atoms with van der Waals surface area (Å²) in [7, 11) is 0. The zero-order chi connectivity index (χ0) is 11.7. The molecule has 0 amide bonds. The van der Waals surface area contributed by atoms with Gasteiger partial charge in [-0.2, -0.15) is 0 Å². The number of hydrogen-bond acceptors (Lipinski definition) is 0. The van der Waals surface area contributed by atoms with Gasteiger partial charge in [-0.25, -0.2) is 4.57 Å². The molecule has 3 heteroatoms. The maximum Gasteiger partial charge on any atom is 0.178 e. The summed E-state index contributed by atoms with van der Waals surface area (Å²) in [4.78, 5) is 3.25. The van der Waals surface area contributed by atoms with Crippen LogP contribution in [0.3, 0.4) is 0 Å². The molecule has 0 bridgehead atoms. The molecule has 0 saturated heterocycles. The van der Waals surface area contributed by atoms with Crippen molar-refractivity contribution >= 4 is 26.8 Å². The minimum atomic E-state index is 0.902. The Kier molecular flexibility index (Phi) is 2.69. The first-order chi connectivity index (χ1) is 8.31. The third-order valence-corrected chi connectivity index (χ3v) is 3.22. The SMILES string of the molecule is Brc1cc2c[n+](Cc3ccccc3)ccc2[nH]1. The molecular weight excluding hydrogens is 276 g/mol. The largest absolute Gasteiger partial charge is 0.349 e. The van der Waals surface area contributed by atoms with Gasteiger partial charge in [0.15, 0.2) is 18.9 Å². The van der Waals surface area contributed by atoms with Crippen LogP contribution in [-0.2, 0) is 6.54 Å². The number of rotatable bonds is 2. The Morgan fingerprint density at radius 3 is 2.76 bits per heavy atom. The van der Waals surface area contributed by atoms with E-state index in [1.807, 2.05) is 6.07 Å². The molecule has 2 aromatic heterocycles. The van der Waals surface area contributed by atoms with Crippen molar-refractivity contribution in [1.29, 1.82) is 0 Å². The zero-order valence-corrected chi connectivity index (χ0v) is 10.8. The first kappa shape index (κ1) is 10.5. The maximum atomic E-state index is 3.45. The lowest BCUT2D eigenvalue weighted by Gasteiger charge is -1.97. The number of fused-ring (bicyclic) bond motifs is 1. The van der Waals surface area contributed by atoms with Crippen molar-refractivity contribution in [3.63, 3.8) is 0 Å². The molecule has 0 spiro atoms. The normalized spacial score (nSPS) is 10.9. The first-order valence-corrected chi connectivity index (χ1v) is 6.32. The van der Waals surface area contributed by atoms with Crippen LogP contribution in [0.15, 0.2) is 59.5 Å². The molecule has 17 heavy (non-hydrogen) atoms. The summed E-state index contributed by atoms with van der Waals surface area (Å²) in [5.41, 5.74) is 2.47. The van der Waals surface area contributed by atoms with Crippen LogP contribution in [0.5, 0.6) is 0 Å². The van der Waals surface area contributed by atoms with Gasteiger partial charge in [-0.1, -0.05) is 30.3 Å². The molecule has 1 aromatic carbocycles. The maximum absolute atomic E-state index is 3.45. The summed E-state index contributed by atoms with van der Waals surface area (Å²) in [6, 6.07) is 14.7. The van der Waals surface area contributed by atoms with Crippen molar-refractivity contribution in [2.45, 2.75) is 6.54 Å². The van der Waals surface area contributed by atoms with Gasteiger partial charge in [0.2, 0.25) is 0 Å². The zero-order valence-electron chi connectivity index (χ0n) is 9.23. The Hall–Kier alpha value is -1.61. The minimum absolute atomic E-state index is 0.902. The standard InChI is InChI=1S/C14H11BrN2/c15-14-8-12-10-17(7-6-13(12)16-14)9-11-4-2-1-3-5-11/h1-8,10H,9H2/p+1. The van der Waals surface area contributed by atoms with Gasteiger partial charge in [-0.3, -0.25) is 0 Å². The lowest BCUT2D eigenvalue weighted by Crippen LogP contribution is -2.32. The molecule has 84 valence electrons. The van der Waals surface area contributed by atoms with Crippen LogP contribution in [0.4, 0.5) is 0 Å². The Morgan fingerprint density at radius 1 is 1.12 bits per heavy atom. The molecule has 0 radical (unpaired) electrons. The molecular formula is C14H12BrN2+. The summed E-state index contributed by atoms with van der Waals surface area (Å²) in [5, 5.41) is 1.22. The fraction of sp³-hybridized carbons (Fsp3) is 0.0714. The van der Waals surface area contributed by atoms with Crippen LogP contribution < -0.4 is 4.57 Å². The van der Waals surface area contributed by atoms with E-state index in [0.29, 0.717) is 0 Å². The number of aromatic nitrogens is 2. The fourth-order valence-electron chi connectivity index (χ4n) is 1.98. The van der Waals surface area contributed by atoms with Gasteiger partial charge in [0.25, 0.3) is 0 Å². The molecule has 2 nitrogen and oxygen atoms in total. The van der Waals surface area contributed by atoms with Crippen LogP contribution in [0.2, 0.25) is 0 Å². The van der Waals surface area contributed by atoms with Crippen LogP contribution >= 0.6 is 15.9 Å². The Balaban J connectivity index is 1.95. The van der Waals surface area contributed by atoms with E-state index in [9.17, 15) is 0 Å². The second-order valence-electron chi connectivity index (χ2n) is 4.09. The predicted molar refractivity (Wildman–Crippen MR) is 71.7 cm³/mol. The highest BCUT2D eigenvalue weighted by atomic mass is 79.9. The van der Waals surface area contributed by atoms with E-state index in [1.165, 1.54) is 10.9 Å². The number of pyridine rings is 1. The Labute approximate surface area is 108 Å². The topological polar surface area (TPSA) is 19.7 Å². The predicted octanol–water partition coefficient (Wildman–Crippen LogP) is 3.27. The molecule has 0 fully saturated rings. The molecule has 0 saturated carbocycles. The number of nitrogens with zero attached hydrogens (tertiary/aromatic N) is 1. The first-order valence-electron chi connectivity index (χ1n) is 5.52. The molecule has 1 N–H and O–H groups in total. The third kappa shape index (κ3) is 2.24. The summed E-state index contributed by atoms with van der Waals surface area (Å²) in [5.74, 6) is 0. The lowest BCUT2D eigenvalue weighted by atomic mass is 10.2. The van der Waals surface area contributed by atoms with Crippen LogP contribution in [0, 0.1) is 0 Å². The molecule has 2 heterocycles. The highest BCUT2D eigenvalue weighted by molar-refractivity contribution is 9.10. The summed E-state index contributed by atoms with van der Waals surface area (Å²) >= 11 is 3.45. The van der Waals surface area contributed by atoms with Gasteiger partial charge in [0, 0.05) is 11.6 Å². The number of halogens is 1. The average Bonchev–Trinajstić information content (AvgIpc) is 2.70. The Bertz CT molecular complexity index is 644. The summed E-state index contributed by atoms with van der Waals surface area (Å²) in [6.45, 7) is 0.902. The molecule has 0 unspecified atom stereocenters. The number of nitrogens with one attached hydrogen (secondary N) is 1. The second-order valence-corrected chi connectivity index (χ2v) is 4.94. The van der Waals surface area contributed by atoms with Gasteiger partial charge in [-0.15, -0.1) is 0 Å². The molecule has 3 aromatic rings. The molecule has 0 aliphatic heterocycles. The number of H-pyrrole nitrogens is 1. The van der Waals surface area contributed by atoms with Crippen LogP contribution in [0.1, 0.15) is 5.56 Å². The van der Waals surface area contributed by atoms with Crippen molar-refractivity contribution in [3.8, 4) is 0 Å². The van der Waals surface area contributed by atoms with E-state index in [2.05, 4.69) is 74.3 Å². The summed E-state index contributed by atoms with van der Waals surface area (Å²) in [6.07, 6.45) is 4.25. The monoisotopic (exact) mass is 287 g/mol. The van der Waals surface area contributed by atoms with E-state index in [-0.39, 0.29) is 0 Å². The number of aromatic amines is 1. The summed E-state index contributed by atoms with van der Waals surface area (Å²) < 4.78 is 3.21. The van der Waals surface area contributed by atoms with Crippen molar-refractivity contribution in [2.75, 3.05) is 0 Å². The highest BCUT2D eigenvalue weighted by Gasteiger charge is 2.06. The van der Waals surface area contributed by atoms with E-state index in [1.54, 1.807) is 0 Å². The van der Waals surface area contributed by atoms with Gasteiger partial charge >= 0.3 is 0 Å². The fourth-order valence-corrected chi connectivity index (χ4v) is 2.44. The van der Waals surface area contributed by atoms with Gasteiger partial charge in [0.1, 0.15) is 0 Å². The second kappa shape index (κ2) is 4.34. The molecule has 3 rings (SSSR count). The molecule has 0 atom stereocenters. The average molecular weight is 288 g/mol.